The lowest BCUT2D eigenvalue weighted by Gasteiger charge is -2.44. The monoisotopic (exact) mass is 355 g/mol. The maximum Gasteiger partial charge on any atom is 0.253 e. The molecule has 1 spiro atoms. The summed E-state index contributed by atoms with van der Waals surface area (Å²) in [6.45, 7) is 9.68. The van der Waals surface area contributed by atoms with Gasteiger partial charge in [-0.3, -0.25) is 9.69 Å². The Morgan fingerprint density at radius 1 is 1.23 bits per heavy atom. The molecule has 0 saturated carbocycles. The van der Waals surface area contributed by atoms with Crippen LogP contribution in [-0.4, -0.2) is 66.1 Å². The molecule has 2 aliphatic rings. The van der Waals surface area contributed by atoms with Crippen molar-refractivity contribution in [1.29, 1.82) is 0 Å². The first-order valence-corrected chi connectivity index (χ1v) is 9.75. The van der Waals surface area contributed by atoms with Crippen molar-refractivity contribution in [2.24, 2.45) is 5.41 Å². The van der Waals surface area contributed by atoms with E-state index in [-0.39, 0.29) is 11.3 Å². The van der Waals surface area contributed by atoms with E-state index < -0.39 is 0 Å². The molecule has 3 heterocycles. The Kier molecular flexibility index (Phi) is 4.76. The van der Waals surface area contributed by atoms with Crippen molar-refractivity contribution in [1.82, 2.24) is 14.8 Å². The molecular formula is C21H29N3O2. The standard InChI is InChI=1S/C21H29N3O2/c1-16(2)23-10-11-26-15-21(13-23)7-3-9-24(14-21)20(25)18-4-5-19-17(12-18)6-8-22-19/h4-6,8,12,16,22H,3,7,9-11,13-15H2,1-2H3. The number of nitrogens with one attached hydrogen (secondary N) is 1. The fourth-order valence-electron chi connectivity index (χ4n) is 4.46. The van der Waals surface area contributed by atoms with Gasteiger partial charge in [-0.15, -0.1) is 0 Å². The number of hydrogen-bond acceptors (Lipinski definition) is 3. The average molecular weight is 355 g/mol. The topological polar surface area (TPSA) is 48.6 Å². The summed E-state index contributed by atoms with van der Waals surface area (Å²) >= 11 is 0. The highest BCUT2D eigenvalue weighted by Gasteiger charge is 2.40. The van der Waals surface area contributed by atoms with Crippen molar-refractivity contribution in [3.8, 4) is 0 Å². The number of carbonyl (C=O) groups is 1. The van der Waals surface area contributed by atoms with Gasteiger partial charge in [0.1, 0.15) is 0 Å². The first kappa shape index (κ1) is 17.6. The molecule has 140 valence electrons. The second-order valence-corrected chi connectivity index (χ2v) is 8.23. The molecule has 0 aliphatic carbocycles. The van der Waals surface area contributed by atoms with E-state index in [1.807, 2.05) is 35.4 Å². The third-order valence-corrected chi connectivity index (χ3v) is 5.95. The summed E-state index contributed by atoms with van der Waals surface area (Å²) in [6, 6.07) is 8.46. The lowest BCUT2D eigenvalue weighted by atomic mass is 9.79. The van der Waals surface area contributed by atoms with Gasteiger partial charge in [0.25, 0.3) is 5.91 Å². The van der Waals surface area contributed by atoms with Gasteiger partial charge in [-0.2, -0.15) is 0 Å². The zero-order valence-electron chi connectivity index (χ0n) is 15.8. The third-order valence-electron chi connectivity index (χ3n) is 5.95. The van der Waals surface area contributed by atoms with Gasteiger partial charge < -0.3 is 14.6 Å². The molecule has 5 nitrogen and oxygen atoms in total. The van der Waals surface area contributed by atoms with E-state index in [0.29, 0.717) is 6.04 Å². The minimum Gasteiger partial charge on any atom is -0.379 e. The Morgan fingerprint density at radius 3 is 2.96 bits per heavy atom. The molecule has 1 atom stereocenters. The van der Waals surface area contributed by atoms with Crippen molar-refractivity contribution in [3.05, 3.63) is 36.0 Å². The molecule has 0 bridgehead atoms. The maximum atomic E-state index is 13.2. The number of amides is 1. The maximum absolute atomic E-state index is 13.2. The van der Waals surface area contributed by atoms with Crippen LogP contribution in [0.5, 0.6) is 0 Å². The second-order valence-electron chi connectivity index (χ2n) is 8.23. The Bertz CT molecular complexity index is 784. The second kappa shape index (κ2) is 7.05. The lowest BCUT2D eigenvalue weighted by molar-refractivity contribution is 0.00573. The van der Waals surface area contributed by atoms with E-state index in [1.54, 1.807) is 0 Å². The van der Waals surface area contributed by atoms with Crippen LogP contribution >= 0.6 is 0 Å². The summed E-state index contributed by atoms with van der Waals surface area (Å²) in [6.07, 6.45) is 4.10. The lowest BCUT2D eigenvalue weighted by Crippen LogP contribution is -2.53. The fraction of sp³-hybridized carbons (Fsp3) is 0.571. The molecule has 2 aromatic rings. The quantitative estimate of drug-likeness (QED) is 0.900. The van der Waals surface area contributed by atoms with Gasteiger partial charge in [0.15, 0.2) is 0 Å². The van der Waals surface area contributed by atoms with E-state index in [0.717, 1.165) is 68.7 Å². The van der Waals surface area contributed by atoms with Gasteiger partial charge >= 0.3 is 0 Å². The van der Waals surface area contributed by atoms with Crippen molar-refractivity contribution >= 4 is 16.8 Å². The molecule has 0 radical (unpaired) electrons. The third kappa shape index (κ3) is 3.38. The SMILES string of the molecule is CC(C)N1CCOCC2(CCCN(C(=O)c3ccc4[nH]ccc4c3)C2)C1. The number of nitrogens with zero attached hydrogens (tertiary/aromatic N) is 2. The number of piperidine rings is 1. The molecule has 2 aliphatic heterocycles. The number of H-pyrrole nitrogens is 1. The van der Waals surface area contributed by atoms with Crippen LogP contribution in [-0.2, 0) is 4.74 Å². The van der Waals surface area contributed by atoms with Gasteiger partial charge in [0, 0.05) is 60.3 Å². The highest BCUT2D eigenvalue weighted by atomic mass is 16.5. The Balaban J connectivity index is 1.54. The van der Waals surface area contributed by atoms with Crippen LogP contribution in [0.3, 0.4) is 0 Å². The first-order valence-electron chi connectivity index (χ1n) is 9.75. The van der Waals surface area contributed by atoms with Crippen molar-refractivity contribution in [3.63, 3.8) is 0 Å². The summed E-state index contributed by atoms with van der Waals surface area (Å²) < 4.78 is 5.97. The summed E-state index contributed by atoms with van der Waals surface area (Å²) in [4.78, 5) is 20.9. The fourth-order valence-corrected chi connectivity index (χ4v) is 4.46. The van der Waals surface area contributed by atoms with Gasteiger partial charge in [-0.1, -0.05) is 0 Å². The molecule has 1 aromatic heterocycles. The number of carbonyl (C=O) groups excluding carboxylic acids is 1. The van der Waals surface area contributed by atoms with Crippen molar-refractivity contribution in [2.75, 3.05) is 39.4 Å². The van der Waals surface area contributed by atoms with Crippen LogP contribution in [0.2, 0.25) is 0 Å². The summed E-state index contributed by atoms with van der Waals surface area (Å²) in [5.74, 6) is 0.146. The van der Waals surface area contributed by atoms with Gasteiger partial charge in [0.2, 0.25) is 0 Å². The normalized spacial score (nSPS) is 25.1. The average Bonchev–Trinajstić information content (AvgIpc) is 3.02. The van der Waals surface area contributed by atoms with Crippen LogP contribution in [0.1, 0.15) is 37.0 Å². The number of likely N-dealkylation sites (tertiary alicyclic amines) is 1. The molecule has 1 amide bonds. The zero-order valence-corrected chi connectivity index (χ0v) is 15.8. The van der Waals surface area contributed by atoms with Crippen molar-refractivity contribution < 1.29 is 9.53 Å². The van der Waals surface area contributed by atoms with E-state index in [2.05, 4.69) is 23.7 Å². The molecule has 2 saturated heterocycles. The Morgan fingerprint density at radius 2 is 2.12 bits per heavy atom. The molecule has 5 heteroatoms. The predicted octanol–water partition coefficient (Wildman–Crippen LogP) is 3.13. The van der Waals surface area contributed by atoms with Gasteiger partial charge in [0.05, 0.1) is 13.2 Å². The minimum absolute atomic E-state index is 0.0624. The smallest absolute Gasteiger partial charge is 0.253 e. The largest absolute Gasteiger partial charge is 0.379 e. The minimum atomic E-state index is 0.0624. The van der Waals surface area contributed by atoms with Crippen LogP contribution < -0.4 is 0 Å². The Hall–Kier alpha value is -1.85. The van der Waals surface area contributed by atoms with E-state index in [4.69, 9.17) is 4.74 Å². The van der Waals surface area contributed by atoms with Gasteiger partial charge in [-0.25, -0.2) is 0 Å². The summed E-state index contributed by atoms with van der Waals surface area (Å²) in [5.41, 5.74) is 1.91. The van der Waals surface area contributed by atoms with Gasteiger partial charge in [-0.05, 0) is 51.0 Å². The Labute approximate surface area is 155 Å². The zero-order chi connectivity index (χ0) is 18.1. The van der Waals surface area contributed by atoms with E-state index in [1.165, 1.54) is 0 Å². The number of benzene rings is 1. The molecule has 1 N–H and O–H groups in total. The highest BCUT2D eigenvalue weighted by molar-refractivity contribution is 5.98. The first-order chi connectivity index (χ1) is 12.6. The number of ether oxygens (including phenoxy) is 1. The molecular weight excluding hydrogens is 326 g/mol. The number of hydrogen-bond donors (Lipinski definition) is 1. The van der Waals surface area contributed by atoms with Crippen LogP contribution in [0.25, 0.3) is 10.9 Å². The molecule has 1 unspecified atom stereocenters. The molecule has 1 aromatic carbocycles. The molecule has 26 heavy (non-hydrogen) atoms. The molecule has 4 rings (SSSR count). The predicted molar refractivity (Wildman–Crippen MR) is 103 cm³/mol. The van der Waals surface area contributed by atoms with E-state index >= 15 is 0 Å². The summed E-state index contributed by atoms with van der Waals surface area (Å²) in [7, 11) is 0. The van der Waals surface area contributed by atoms with E-state index in [9.17, 15) is 4.79 Å². The summed E-state index contributed by atoms with van der Waals surface area (Å²) in [5, 5.41) is 1.09. The molecule has 2 fully saturated rings. The van der Waals surface area contributed by atoms with Crippen molar-refractivity contribution in [2.45, 2.75) is 32.7 Å². The number of rotatable bonds is 2. The van der Waals surface area contributed by atoms with Crippen LogP contribution in [0, 0.1) is 5.41 Å². The van der Waals surface area contributed by atoms with Crippen LogP contribution in [0.4, 0.5) is 0 Å². The number of aromatic nitrogens is 1. The van der Waals surface area contributed by atoms with Crippen LogP contribution in [0.15, 0.2) is 30.5 Å². The number of fused-ring (bicyclic) bond motifs is 1. The number of aromatic amines is 1. The highest BCUT2D eigenvalue weighted by Crippen LogP contribution is 2.34.